The van der Waals surface area contributed by atoms with Crippen molar-refractivity contribution in [1.82, 2.24) is 10.6 Å². The molecule has 0 saturated heterocycles. The summed E-state index contributed by atoms with van der Waals surface area (Å²) in [4.78, 5) is 36.0. The maximum absolute atomic E-state index is 12.2. The summed E-state index contributed by atoms with van der Waals surface area (Å²) in [5, 5.41) is 4.93. The molecule has 3 rings (SSSR count). The standard InChI is InChI=1S/C18H22N2O6/c1-11(16(21)20-18(23)19-12-6-2-3-7-12)25-17(22)15-10-24-13-8-4-5-9-14(13)26-15/h4-5,8-9,11-12,15H,2-3,6-7,10H2,1H3,(H2,19,20,21,23)/t11-,15+/m1/s1. The van der Waals surface area contributed by atoms with Gasteiger partial charge >= 0.3 is 12.0 Å². The molecule has 2 aliphatic rings. The van der Waals surface area contributed by atoms with E-state index in [1.807, 2.05) is 0 Å². The molecule has 3 amide bonds. The number of benzene rings is 1. The van der Waals surface area contributed by atoms with Crippen molar-refractivity contribution in [2.24, 2.45) is 0 Å². The Hall–Kier alpha value is -2.77. The van der Waals surface area contributed by atoms with Gasteiger partial charge in [-0.2, -0.15) is 0 Å². The molecule has 1 heterocycles. The Bertz CT molecular complexity index is 686. The van der Waals surface area contributed by atoms with Crippen LogP contribution in [0.4, 0.5) is 4.79 Å². The maximum atomic E-state index is 12.2. The number of amides is 3. The van der Waals surface area contributed by atoms with Crippen LogP contribution >= 0.6 is 0 Å². The molecule has 140 valence electrons. The minimum atomic E-state index is -1.13. The van der Waals surface area contributed by atoms with E-state index >= 15 is 0 Å². The second-order valence-corrected chi connectivity index (χ2v) is 6.39. The number of hydrogen-bond acceptors (Lipinski definition) is 6. The zero-order valence-corrected chi connectivity index (χ0v) is 14.5. The lowest BCUT2D eigenvalue weighted by molar-refractivity contribution is -0.163. The van der Waals surface area contributed by atoms with Crippen molar-refractivity contribution in [3.63, 3.8) is 0 Å². The Kier molecular flexibility index (Phi) is 5.60. The van der Waals surface area contributed by atoms with Crippen LogP contribution in [-0.4, -0.2) is 42.8 Å². The van der Waals surface area contributed by atoms with Crippen molar-refractivity contribution in [1.29, 1.82) is 0 Å². The molecule has 0 aromatic heterocycles. The first-order valence-electron chi connectivity index (χ1n) is 8.73. The van der Waals surface area contributed by atoms with E-state index in [1.165, 1.54) is 6.92 Å². The average molecular weight is 362 g/mol. The van der Waals surface area contributed by atoms with Crippen LogP contribution in [-0.2, 0) is 14.3 Å². The minimum absolute atomic E-state index is 0.00759. The summed E-state index contributed by atoms with van der Waals surface area (Å²) in [5.74, 6) is -0.427. The van der Waals surface area contributed by atoms with Gasteiger partial charge < -0.3 is 19.5 Å². The summed E-state index contributed by atoms with van der Waals surface area (Å²) in [6, 6.07) is 6.48. The van der Waals surface area contributed by atoms with Gasteiger partial charge in [0, 0.05) is 6.04 Å². The quantitative estimate of drug-likeness (QED) is 0.788. The van der Waals surface area contributed by atoms with Crippen molar-refractivity contribution in [3.8, 4) is 11.5 Å². The van der Waals surface area contributed by atoms with Crippen molar-refractivity contribution in [2.75, 3.05) is 6.61 Å². The van der Waals surface area contributed by atoms with Crippen molar-refractivity contribution >= 4 is 17.9 Å². The molecule has 2 atom stereocenters. The highest BCUT2D eigenvalue weighted by molar-refractivity contribution is 5.97. The topological polar surface area (TPSA) is 103 Å². The number of urea groups is 1. The van der Waals surface area contributed by atoms with Gasteiger partial charge in [0.1, 0.15) is 6.61 Å². The summed E-state index contributed by atoms with van der Waals surface area (Å²) in [5.41, 5.74) is 0. The monoisotopic (exact) mass is 362 g/mol. The predicted octanol–water partition coefficient (Wildman–Crippen LogP) is 1.53. The smallest absolute Gasteiger partial charge is 0.351 e. The van der Waals surface area contributed by atoms with Gasteiger partial charge in [0.25, 0.3) is 5.91 Å². The SMILES string of the molecule is C[C@@H](OC(=O)[C@@H]1COc2ccccc2O1)C(=O)NC(=O)NC1CCCC1. The van der Waals surface area contributed by atoms with Crippen molar-refractivity contribution < 1.29 is 28.6 Å². The molecule has 8 heteroatoms. The maximum Gasteiger partial charge on any atom is 0.351 e. The highest BCUT2D eigenvalue weighted by Crippen LogP contribution is 2.31. The molecule has 0 radical (unpaired) electrons. The van der Waals surface area contributed by atoms with Gasteiger partial charge in [-0.05, 0) is 31.9 Å². The molecule has 0 unspecified atom stereocenters. The third-order valence-corrected chi connectivity index (χ3v) is 4.36. The molecule has 1 aromatic rings. The van der Waals surface area contributed by atoms with Crippen molar-refractivity contribution in [3.05, 3.63) is 24.3 Å². The molecular formula is C18H22N2O6. The number of ether oxygens (including phenoxy) is 3. The normalized spacial score (nSPS) is 20.1. The van der Waals surface area contributed by atoms with Gasteiger partial charge in [-0.25, -0.2) is 9.59 Å². The Morgan fingerprint density at radius 2 is 1.85 bits per heavy atom. The van der Waals surface area contributed by atoms with Gasteiger partial charge in [-0.3, -0.25) is 10.1 Å². The first-order valence-corrected chi connectivity index (χ1v) is 8.73. The van der Waals surface area contributed by atoms with E-state index in [0.717, 1.165) is 25.7 Å². The second kappa shape index (κ2) is 8.07. The minimum Gasteiger partial charge on any atom is -0.485 e. The largest absolute Gasteiger partial charge is 0.485 e. The molecule has 0 spiro atoms. The zero-order valence-electron chi connectivity index (χ0n) is 14.5. The molecule has 8 nitrogen and oxygen atoms in total. The molecule has 1 aliphatic carbocycles. The number of para-hydroxylation sites is 2. The van der Waals surface area contributed by atoms with Gasteiger partial charge in [0.05, 0.1) is 0 Å². The number of carbonyl (C=O) groups is 3. The third-order valence-electron chi connectivity index (χ3n) is 4.36. The van der Waals surface area contributed by atoms with E-state index < -0.39 is 30.1 Å². The average Bonchev–Trinajstić information content (AvgIpc) is 3.13. The van der Waals surface area contributed by atoms with Crippen LogP contribution in [0.3, 0.4) is 0 Å². The lowest BCUT2D eigenvalue weighted by Gasteiger charge is -2.25. The molecule has 26 heavy (non-hydrogen) atoms. The van der Waals surface area contributed by atoms with E-state index in [1.54, 1.807) is 24.3 Å². The van der Waals surface area contributed by atoms with Crippen LogP contribution in [0.2, 0.25) is 0 Å². The summed E-state index contributed by atoms with van der Waals surface area (Å²) in [6.07, 6.45) is 1.86. The molecule has 2 N–H and O–H groups in total. The summed E-state index contributed by atoms with van der Waals surface area (Å²) >= 11 is 0. The van der Waals surface area contributed by atoms with Gasteiger partial charge in [0.2, 0.25) is 6.10 Å². The molecule has 1 aromatic carbocycles. The van der Waals surface area contributed by atoms with Crippen LogP contribution in [0.1, 0.15) is 32.6 Å². The number of nitrogens with one attached hydrogen (secondary N) is 2. The van der Waals surface area contributed by atoms with Crippen LogP contribution in [0, 0.1) is 0 Å². The number of fused-ring (bicyclic) bond motifs is 1. The molecular weight excluding hydrogens is 340 g/mol. The molecule has 1 fully saturated rings. The van der Waals surface area contributed by atoms with Gasteiger partial charge in [-0.15, -0.1) is 0 Å². The number of rotatable bonds is 4. The fraction of sp³-hybridized carbons (Fsp3) is 0.500. The van der Waals surface area contributed by atoms with Crippen LogP contribution in [0.15, 0.2) is 24.3 Å². The zero-order chi connectivity index (χ0) is 18.5. The highest BCUT2D eigenvalue weighted by Gasteiger charge is 2.31. The molecule has 1 aliphatic heterocycles. The number of esters is 1. The number of imide groups is 1. The van der Waals surface area contributed by atoms with Crippen LogP contribution in [0.5, 0.6) is 11.5 Å². The first kappa shape index (κ1) is 18.0. The molecule has 1 saturated carbocycles. The summed E-state index contributed by atoms with van der Waals surface area (Å²) in [6.45, 7) is 1.39. The summed E-state index contributed by atoms with van der Waals surface area (Å²) < 4.78 is 16.1. The van der Waals surface area contributed by atoms with Gasteiger partial charge in [-0.1, -0.05) is 25.0 Å². The number of carbonyl (C=O) groups excluding carboxylic acids is 3. The van der Waals surface area contributed by atoms with E-state index in [9.17, 15) is 14.4 Å². The van der Waals surface area contributed by atoms with Crippen molar-refractivity contribution in [2.45, 2.75) is 50.9 Å². The molecule has 0 bridgehead atoms. The number of hydrogen-bond donors (Lipinski definition) is 2. The van der Waals surface area contributed by atoms with Crippen LogP contribution < -0.4 is 20.1 Å². The lowest BCUT2D eigenvalue weighted by atomic mass is 10.2. The van der Waals surface area contributed by atoms with E-state index in [-0.39, 0.29) is 12.6 Å². The lowest BCUT2D eigenvalue weighted by Crippen LogP contribution is -2.48. The Morgan fingerprint density at radius 3 is 2.58 bits per heavy atom. The fourth-order valence-electron chi connectivity index (χ4n) is 2.94. The Morgan fingerprint density at radius 1 is 1.15 bits per heavy atom. The van der Waals surface area contributed by atoms with Gasteiger partial charge in [0.15, 0.2) is 17.6 Å². The summed E-state index contributed by atoms with van der Waals surface area (Å²) in [7, 11) is 0. The second-order valence-electron chi connectivity index (χ2n) is 6.39. The Labute approximate surface area is 151 Å². The highest BCUT2D eigenvalue weighted by atomic mass is 16.6. The first-order chi connectivity index (χ1) is 12.5. The van der Waals surface area contributed by atoms with E-state index in [2.05, 4.69) is 10.6 Å². The Balaban J connectivity index is 1.46. The fourth-order valence-corrected chi connectivity index (χ4v) is 2.94. The van der Waals surface area contributed by atoms with E-state index in [4.69, 9.17) is 14.2 Å². The van der Waals surface area contributed by atoms with E-state index in [0.29, 0.717) is 11.5 Å². The third kappa shape index (κ3) is 4.44. The predicted molar refractivity (Wildman–Crippen MR) is 90.8 cm³/mol. The van der Waals surface area contributed by atoms with Crippen LogP contribution in [0.25, 0.3) is 0 Å².